The van der Waals surface area contributed by atoms with Crippen LogP contribution in [0.2, 0.25) is 0 Å². The number of benzene rings is 1. The van der Waals surface area contributed by atoms with Crippen molar-refractivity contribution >= 4 is 11.8 Å². The molecule has 0 heterocycles. The van der Waals surface area contributed by atoms with Gasteiger partial charge in [0.25, 0.3) is 0 Å². The SMILES string of the molecule is COc1cccc(CC(=O)NCC(=O)NC(C)C)c1. The van der Waals surface area contributed by atoms with Crippen LogP contribution >= 0.6 is 0 Å². The van der Waals surface area contributed by atoms with Gasteiger partial charge in [0.2, 0.25) is 11.8 Å². The average molecular weight is 264 g/mol. The van der Waals surface area contributed by atoms with E-state index in [1.807, 2.05) is 32.0 Å². The van der Waals surface area contributed by atoms with Crippen molar-refractivity contribution in [2.75, 3.05) is 13.7 Å². The fourth-order valence-corrected chi connectivity index (χ4v) is 1.58. The summed E-state index contributed by atoms with van der Waals surface area (Å²) in [4.78, 5) is 23.0. The van der Waals surface area contributed by atoms with Crippen molar-refractivity contribution < 1.29 is 14.3 Å². The molecule has 2 amide bonds. The molecule has 0 saturated carbocycles. The molecule has 1 aromatic rings. The Morgan fingerprint density at radius 3 is 2.63 bits per heavy atom. The van der Waals surface area contributed by atoms with Crippen LogP contribution in [0.3, 0.4) is 0 Å². The fourth-order valence-electron chi connectivity index (χ4n) is 1.58. The van der Waals surface area contributed by atoms with Crippen molar-refractivity contribution in [2.24, 2.45) is 0 Å². The first-order valence-corrected chi connectivity index (χ1v) is 6.20. The molecule has 0 unspecified atom stereocenters. The molecular weight excluding hydrogens is 244 g/mol. The van der Waals surface area contributed by atoms with E-state index in [0.717, 1.165) is 5.56 Å². The summed E-state index contributed by atoms with van der Waals surface area (Å²) in [5.74, 6) is 0.337. The quantitative estimate of drug-likeness (QED) is 0.801. The molecule has 0 aliphatic carbocycles. The molecule has 104 valence electrons. The van der Waals surface area contributed by atoms with Gasteiger partial charge in [-0.2, -0.15) is 0 Å². The lowest BCUT2D eigenvalue weighted by Gasteiger charge is -2.09. The maximum absolute atomic E-state index is 11.7. The van der Waals surface area contributed by atoms with E-state index in [9.17, 15) is 9.59 Å². The van der Waals surface area contributed by atoms with Crippen molar-refractivity contribution in [3.05, 3.63) is 29.8 Å². The maximum atomic E-state index is 11.7. The molecule has 5 heteroatoms. The van der Waals surface area contributed by atoms with Crippen LogP contribution in [0.5, 0.6) is 5.75 Å². The second-order valence-corrected chi connectivity index (χ2v) is 4.53. The molecule has 5 nitrogen and oxygen atoms in total. The van der Waals surface area contributed by atoms with Crippen LogP contribution in [0.4, 0.5) is 0 Å². The van der Waals surface area contributed by atoms with E-state index in [1.54, 1.807) is 13.2 Å². The summed E-state index contributed by atoms with van der Waals surface area (Å²) in [6.07, 6.45) is 0.228. The third-order valence-electron chi connectivity index (χ3n) is 2.39. The van der Waals surface area contributed by atoms with E-state index >= 15 is 0 Å². The number of hydrogen-bond acceptors (Lipinski definition) is 3. The zero-order valence-electron chi connectivity index (χ0n) is 11.5. The largest absolute Gasteiger partial charge is 0.497 e. The van der Waals surface area contributed by atoms with Gasteiger partial charge in [-0.3, -0.25) is 9.59 Å². The summed E-state index contributed by atoms with van der Waals surface area (Å²) >= 11 is 0. The zero-order valence-corrected chi connectivity index (χ0v) is 11.5. The normalized spacial score (nSPS) is 10.1. The number of nitrogens with one attached hydrogen (secondary N) is 2. The van der Waals surface area contributed by atoms with Crippen molar-refractivity contribution in [3.8, 4) is 5.75 Å². The first-order chi connectivity index (χ1) is 9.01. The molecule has 0 aromatic heterocycles. The smallest absolute Gasteiger partial charge is 0.239 e. The first-order valence-electron chi connectivity index (χ1n) is 6.20. The van der Waals surface area contributed by atoms with Crippen molar-refractivity contribution in [3.63, 3.8) is 0 Å². The topological polar surface area (TPSA) is 67.4 Å². The van der Waals surface area contributed by atoms with E-state index in [2.05, 4.69) is 10.6 Å². The molecule has 2 N–H and O–H groups in total. The van der Waals surface area contributed by atoms with E-state index in [0.29, 0.717) is 5.75 Å². The van der Waals surface area contributed by atoms with Gasteiger partial charge in [-0.25, -0.2) is 0 Å². The average Bonchev–Trinajstić information content (AvgIpc) is 2.36. The number of ether oxygens (including phenoxy) is 1. The Kier molecular flexibility index (Phi) is 5.85. The molecule has 0 atom stereocenters. The summed E-state index contributed by atoms with van der Waals surface area (Å²) in [7, 11) is 1.58. The molecule has 1 aromatic carbocycles. The number of hydrogen-bond donors (Lipinski definition) is 2. The maximum Gasteiger partial charge on any atom is 0.239 e. The van der Waals surface area contributed by atoms with Crippen LogP contribution in [0.25, 0.3) is 0 Å². The van der Waals surface area contributed by atoms with Crippen LogP contribution in [0, 0.1) is 0 Å². The van der Waals surface area contributed by atoms with Gasteiger partial charge in [0, 0.05) is 6.04 Å². The number of carbonyl (C=O) groups excluding carboxylic acids is 2. The zero-order chi connectivity index (χ0) is 14.3. The molecule has 0 fully saturated rings. The second kappa shape index (κ2) is 7.41. The monoisotopic (exact) mass is 264 g/mol. The van der Waals surface area contributed by atoms with E-state index < -0.39 is 0 Å². The predicted octanol–water partition coefficient (Wildman–Crippen LogP) is 0.878. The number of carbonyl (C=O) groups is 2. The van der Waals surface area contributed by atoms with E-state index in [4.69, 9.17) is 4.74 Å². The van der Waals surface area contributed by atoms with Gasteiger partial charge in [-0.05, 0) is 31.5 Å². The minimum absolute atomic E-state index is 0.000974. The first kappa shape index (κ1) is 15.0. The molecule has 0 spiro atoms. The van der Waals surface area contributed by atoms with Gasteiger partial charge in [-0.15, -0.1) is 0 Å². The molecule has 0 bridgehead atoms. The minimum atomic E-state index is -0.188. The lowest BCUT2D eigenvalue weighted by atomic mass is 10.1. The van der Waals surface area contributed by atoms with Gasteiger partial charge in [0.05, 0.1) is 20.1 Å². The Hall–Kier alpha value is -2.04. The summed E-state index contributed by atoms with van der Waals surface area (Å²) < 4.78 is 5.08. The molecule has 19 heavy (non-hydrogen) atoms. The Labute approximate surface area is 113 Å². The van der Waals surface area contributed by atoms with Crippen LogP contribution in [-0.2, 0) is 16.0 Å². The van der Waals surface area contributed by atoms with Gasteiger partial charge >= 0.3 is 0 Å². The number of rotatable bonds is 6. The highest BCUT2D eigenvalue weighted by Crippen LogP contribution is 2.12. The summed E-state index contributed by atoms with van der Waals surface area (Å²) in [5.41, 5.74) is 0.848. The van der Waals surface area contributed by atoms with Crippen molar-refractivity contribution in [2.45, 2.75) is 26.3 Å². The fraction of sp³-hybridized carbons (Fsp3) is 0.429. The van der Waals surface area contributed by atoms with Crippen molar-refractivity contribution in [1.82, 2.24) is 10.6 Å². The van der Waals surface area contributed by atoms with Gasteiger partial charge < -0.3 is 15.4 Å². The van der Waals surface area contributed by atoms with Crippen LogP contribution in [0.1, 0.15) is 19.4 Å². The van der Waals surface area contributed by atoms with E-state index in [1.165, 1.54) is 0 Å². The Morgan fingerprint density at radius 1 is 1.26 bits per heavy atom. The molecule has 0 radical (unpaired) electrons. The van der Waals surface area contributed by atoms with Crippen molar-refractivity contribution in [1.29, 1.82) is 0 Å². The number of amides is 2. The molecular formula is C14H20N2O3. The standard InChI is InChI=1S/C14H20N2O3/c1-10(2)16-14(18)9-15-13(17)8-11-5-4-6-12(7-11)19-3/h4-7,10H,8-9H2,1-3H3,(H,15,17)(H,16,18). The highest BCUT2D eigenvalue weighted by atomic mass is 16.5. The molecule has 0 aliphatic rings. The lowest BCUT2D eigenvalue weighted by Crippen LogP contribution is -2.40. The predicted molar refractivity (Wildman–Crippen MR) is 73.0 cm³/mol. The van der Waals surface area contributed by atoms with Gasteiger partial charge in [0.1, 0.15) is 5.75 Å². The van der Waals surface area contributed by atoms with Crippen LogP contribution < -0.4 is 15.4 Å². The highest BCUT2D eigenvalue weighted by molar-refractivity contribution is 5.85. The Morgan fingerprint density at radius 2 is 2.00 bits per heavy atom. The highest BCUT2D eigenvalue weighted by Gasteiger charge is 2.07. The third-order valence-corrected chi connectivity index (χ3v) is 2.39. The third kappa shape index (κ3) is 5.90. The molecule has 0 saturated heterocycles. The number of methoxy groups -OCH3 is 1. The van der Waals surface area contributed by atoms with Gasteiger partial charge in [0.15, 0.2) is 0 Å². The summed E-state index contributed by atoms with van der Waals surface area (Å²) in [6.45, 7) is 3.74. The minimum Gasteiger partial charge on any atom is -0.497 e. The van der Waals surface area contributed by atoms with Gasteiger partial charge in [-0.1, -0.05) is 12.1 Å². The Bertz CT molecular complexity index is 444. The second-order valence-electron chi connectivity index (χ2n) is 4.53. The summed E-state index contributed by atoms with van der Waals surface area (Å²) in [6, 6.07) is 7.36. The Balaban J connectivity index is 2.40. The summed E-state index contributed by atoms with van der Waals surface area (Å²) in [5, 5.41) is 5.29. The molecule has 0 aliphatic heterocycles. The van der Waals surface area contributed by atoms with Crippen LogP contribution in [0.15, 0.2) is 24.3 Å². The lowest BCUT2D eigenvalue weighted by molar-refractivity contribution is -0.126. The molecule has 1 rings (SSSR count). The van der Waals surface area contributed by atoms with E-state index in [-0.39, 0.29) is 30.8 Å². The van der Waals surface area contributed by atoms with Crippen LogP contribution in [-0.4, -0.2) is 31.5 Å².